The monoisotopic (exact) mass is 297 g/mol. The number of aliphatic carboxylic acids is 1. The van der Waals surface area contributed by atoms with Crippen LogP contribution in [0.2, 0.25) is 0 Å². The number of aliphatic hydroxyl groups excluding tert-OH is 1. The lowest BCUT2D eigenvalue weighted by atomic mass is 10.2. The molecule has 1 aromatic rings. The molecule has 2 rings (SSSR count). The molecule has 1 saturated heterocycles. The Morgan fingerprint density at radius 1 is 1.38 bits per heavy atom. The van der Waals surface area contributed by atoms with E-state index in [-0.39, 0.29) is 19.5 Å². The Hall–Kier alpha value is -2.42. The topological polar surface area (TPSA) is 122 Å². The van der Waals surface area contributed by atoms with Gasteiger partial charge in [-0.25, -0.2) is 9.59 Å². The Balaban J connectivity index is 2.22. The first kappa shape index (κ1) is 15.0. The van der Waals surface area contributed by atoms with E-state index in [0.29, 0.717) is 0 Å². The van der Waals surface area contributed by atoms with Crippen LogP contribution in [0.3, 0.4) is 0 Å². The van der Waals surface area contributed by atoms with Gasteiger partial charge in [0.1, 0.15) is 12.6 Å². The minimum absolute atomic E-state index is 0.0384. The third kappa shape index (κ3) is 2.87. The van der Waals surface area contributed by atoms with Crippen molar-refractivity contribution < 1.29 is 19.8 Å². The molecule has 1 aliphatic heterocycles. The summed E-state index contributed by atoms with van der Waals surface area (Å²) in [6.45, 7) is -0.472. The van der Waals surface area contributed by atoms with Crippen LogP contribution in [0, 0.1) is 0 Å². The minimum Gasteiger partial charge on any atom is -0.480 e. The van der Waals surface area contributed by atoms with Crippen molar-refractivity contribution in [1.29, 1.82) is 0 Å². The van der Waals surface area contributed by atoms with Gasteiger partial charge in [0.05, 0.1) is 6.10 Å². The lowest BCUT2D eigenvalue weighted by Crippen LogP contribution is -2.45. The molecule has 0 bridgehead atoms. The normalized spacial score (nSPS) is 21.5. The Morgan fingerprint density at radius 3 is 2.67 bits per heavy atom. The molecule has 1 aromatic heterocycles. The summed E-state index contributed by atoms with van der Waals surface area (Å²) < 4.78 is 1.87. The molecule has 2 atom stereocenters. The number of carboxylic acids is 1. The second-order valence-electron chi connectivity index (χ2n) is 4.91. The van der Waals surface area contributed by atoms with Gasteiger partial charge < -0.3 is 15.1 Å². The Morgan fingerprint density at radius 2 is 2.05 bits per heavy atom. The molecule has 1 aliphatic rings. The molecule has 114 valence electrons. The van der Waals surface area contributed by atoms with Crippen LogP contribution >= 0.6 is 0 Å². The Bertz CT molecular complexity index is 691. The van der Waals surface area contributed by atoms with Gasteiger partial charge in [-0.15, -0.1) is 0 Å². The summed E-state index contributed by atoms with van der Waals surface area (Å²) in [6, 6.07) is 0.0399. The molecule has 1 fully saturated rings. The minimum atomic E-state index is -1.20. The second kappa shape index (κ2) is 5.52. The van der Waals surface area contributed by atoms with Crippen LogP contribution in [0.25, 0.3) is 0 Å². The van der Waals surface area contributed by atoms with E-state index in [2.05, 4.69) is 0 Å². The van der Waals surface area contributed by atoms with Crippen LogP contribution in [-0.4, -0.2) is 54.8 Å². The highest BCUT2D eigenvalue weighted by molar-refractivity contribution is 5.84. The van der Waals surface area contributed by atoms with Crippen molar-refractivity contribution in [2.45, 2.75) is 25.1 Å². The molecule has 0 unspecified atom stereocenters. The lowest BCUT2D eigenvalue weighted by Gasteiger charge is -2.21. The lowest BCUT2D eigenvalue weighted by molar-refractivity contribution is -0.148. The number of hydrogen-bond acceptors (Lipinski definition) is 5. The zero-order chi connectivity index (χ0) is 15.7. The van der Waals surface area contributed by atoms with E-state index in [0.717, 1.165) is 20.1 Å². The number of aliphatic hydroxyl groups is 1. The SMILES string of the molecule is Cn1c(=O)ccn(CC(=O)N2C[C@@H](O)C[C@H]2C(=O)O)c1=O. The third-order valence-electron chi connectivity index (χ3n) is 3.45. The average Bonchev–Trinajstić information content (AvgIpc) is 2.82. The van der Waals surface area contributed by atoms with Crippen molar-refractivity contribution in [2.75, 3.05) is 6.54 Å². The van der Waals surface area contributed by atoms with Gasteiger partial charge in [-0.05, 0) is 0 Å². The van der Waals surface area contributed by atoms with Crippen LogP contribution in [0.15, 0.2) is 21.9 Å². The standard InChI is InChI=1S/C12H15N3O6/c1-13-9(17)2-3-14(12(13)21)6-10(18)15-5-7(16)4-8(15)11(19)20/h2-3,7-8,16H,4-6H2,1H3,(H,19,20)/t7-,8-/m0/s1. The summed E-state index contributed by atoms with van der Waals surface area (Å²) in [7, 11) is 1.28. The molecule has 0 aromatic carbocycles. The largest absolute Gasteiger partial charge is 0.480 e. The Kier molecular flexibility index (Phi) is 3.94. The summed E-state index contributed by atoms with van der Waals surface area (Å²) in [5.41, 5.74) is -1.16. The summed E-state index contributed by atoms with van der Waals surface area (Å²) in [5.74, 6) is -1.80. The van der Waals surface area contributed by atoms with Gasteiger partial charge in [0.2, 0.25) is 5.91 Å². The van der Waals surface area contributed by atoms with Crippen molar-refractivity contribution in [2.24, 2.45) is 7.05 Å². The molecular formula is C12H15N3O6. The molecule has 9 heteroatoms. The number of carboxylic acid groups (broad SMARTS) is 1. The summed E-state index contributed by atoms with van der Waals surface area (Å²) in [6.07, 6.45) is 0.251. The first-order chi connectivity index (χ1) is 9.81. The fourth-order valence-corrected chi connectivity index (χ4v) is 2.30. The number of carbonyl (C=O) groups is 2. The third-order valence-corrected chi connectivity index (χ3v) is 3.45. The van der Waals surface area contributed by atoms with Gasteiger partial charge in [0.25, 0.3) is 5.56 Å². The Labute approximate surface area is 118 Å². The zero-order valence-electron chi connectivity index (χ0n) is 11.3. The highest BCUT2D eigenvalue weighted by Crippen LogP contribution is 2.18. The number of hydrogen-bond donors (Lipinski definition) is 2. The quantitative estimate of drug-likeness (QED) is 0.641. The van der Waals surface area contributed by atoms with Crippen LogP contribution in [-0.2, 0) is 23.2 Å². The smallest absolute Gasteiger partial charge is 0.331 e. The molecule has 0 saturated carbocycles. The molecule has 21 heavy (non-hydrogen) atoms. The number of carbonyl (C=O) groups excluding carboxylic acids is 1. The van der Waals surface area contributed by atoms with Crippen molar-refractivity contribution in [3.8, 4) is 0 Å². The summed E-state index contributed by atoms with van der Waals surface area (Å²) in [5, 5.41) is 18.5. The highest BCUT2D eigenvalue weighted by atomic mass is 16.4. The van der Waals surface area contributed by atoms with Crippen LogP contribution in [0.1, 0.15) is 6.42 Å². The molecular weight excluding hydrogens is 282 g/mol. The van der Waals surface area contributed by atoms with E-state index in [1.54, 1.807) is 0 Å². The van der Waals surface area contributed by atoms with Crippen LogP contribution in [0.5, 0.6) is 0 Å². The van der Waals surface area contributed by atoms with E-state index in [9.17, 15) is 24.3 Å². The fraction of sp³-hybridized carbons (Fsp3) is 0.500. The predicted octanol–water partition coefficient (Wildman–Crippen LogP) is -2.41. The average molecular weight is 297 g/mol. The molecule has 0 radical (unpaired) electrons. The van der Waals surface area contributed by atoms with Gasteiger partial charge in [-0.3, -0.25) is 18.7 Å². The van der Waals surface area contributed by atoms with E-state index >= 15 is 0 Å². The van der Waals surface area contributed by atoms with E-state index in [1.807, 2.05) is 0 Å². The maximum absolute atomic E-state index is 12.1. The first-order valence-electron chi connectivity index (χ1n) is 6.28. The highest BCUT2D eigenvalue weighted by Gasteiger charge is 2.38. The number of amides is 1. The molecule has 9 nitrogen and oxygen atoms in total. The van der Waals surface area contributed by atoms with Gasteiger partial charge in [-0.2, -0.15) is 0 Å². The zero-order valence-corrected chi connectivity index (χ0v) is 11.3. The molecule has 0 spiro atoms. The van der Waals surface area contributed by atoms with Crippen LogP contribution in [0.4, 0.5) is 0 Å². The number of nitrogens with zero attached hydrogens (tertiary/aromatic N) is 3. The van der Waals surface area contributed by atoms with Gasteiger partial charge in [0, 0.05) is 32.3 Å². The van der Waals surface area contributed by atoms with Crippen molar-refractivity contribution in [3.63, 3.8) is 0 Å². The van der Waals surface area contributed by atoms with Crippen molar-refractivity contribution in [3.05, 3.63) is 33.1 Å². The number of aromatic nitrogens is 2. The molecule has 2 N–H and O–H groups in total. The molecule has 0 aliphatic carbocycles. The molecule has 1 amide bonds. The number of likely N-dealkylation sites (tertiary alicyclic amines) is 1. The van der Waals surface area contributed by atoms with E-state index in [4.69, 9.17) is 5.11 Å². The number of β-amino-alcohol motifs (C(OH)–C–C–N with tert-alkyl or cyclic N) is 1. The summed E-state index contributed by atoms with van der Waals surface area (Å²) in [4.78, 5) is 47.3. The van der Waals surface area contributed by atoms with Gasteiger partial charge >= 0.3 is 11.7 Å². The number of rotatable bonds is 3. The maximum Gasteiger partial charge on any atom is 0.331 e. The van der Waals surface area contributed by atoms with E-state index in [1.165, 1.54) is 13.2 Å². The van der Waals surface area contributed by atoms with Crippen molar-refractivity contribution in [1.82, 2.24) is 14.0 Å². The van der Waals surface area contributed by atoms with Crippen LogP contribution < -0.4 is 11.2 Å². The predicted molar refractivity (Wildman–Crippen MR) is 69.7 cm³/mol. The van der Waals surface area contributed by atoms with Gasteiger partial charge in [-0.1, -0.05) is 0 Å². The molecule has 2 heterocycles. The van der Waals surface area contributed by atoms with Crippen molar-refractivity contribution >= 4 is 11.9 Å². The van der Waals surface area contributed by atoms with Gasteiger partial charge in [0.15, 0.2) is 0 Å². The first-order valence-corrected chi connectivity index (χ1v) is 6.28. The maximum atomic E-state index is 12.1. The van der Waals surface area contributed by atoms with E-state index < -0.39 is 35.3 Å². The second-order valence-corrected chi connectivity index (χ2v) is 4.91. The summed E-state index contributed by atoms with van der Waals surface area (Å²) >= 11 is 0. The fourth-order valence-electron chi connectivity index (χ4n) is 2.30.